The number of nitrogens with zero attached hydrogens (tertiary/aromatic N) is 4. The first-order valence-electron chi connectivity index (χ1n) is 21.4. The number of benzene rings is 2. The molecular formula is C45H60F12N4O10. The molecule has 0 saturated carbocycles. The van der Waals surface area contributed by atoms with Crippen molar-refractivity contribution in [3.05, 3.63) is 58.7 Å². The zero-order valence-corrected chi connectivity index (χ0v) is 39.6. The Hall–Kier alpha value is -5.40. The Morgan fingerprint density at radius 1 is 0.535 bits per heavy atom. The van der Waals surface area contributed by atoms with Crippen LogP contribution < -0.4 is 9.47 Å². The Kier molecular flexibility index (Phi) is 20.4. The molecule has 0 aromatic heterocycles. The maximum atomic E-state index is 12.7. The van der Waals surface area contributed by atoms with Crippen LogP contribution in [0, 0.1) is 13.8 Å². The third-order valence-electron chi connectivity index (χ3n) is 10.3. The van der Waals surface area contributed by atoms with Crippen molar-refractivity contribution in [1.29, 1.82) is 0 Å². The van der Waals surface area contributed by atoms with Crippen LogP contribution in [0.2, 0.25) is 0 Å². The second-order valence-electron chi connectivity index (χ2n) is 18.5. The molecule has 2 saturated heterocycles. The van der Waals surface area contributed by atoms with Crippen molar-refractivity contribution in [2.75, 3.05) is 52.4 Å². The first-order chi connectivity index (χ1) is 31.7. The molecule has 2 fully saturated rings. The zero-order chi connectivity index (χ0) is 53.6. The largest absolute Gasteiger partial charge is 0.478 e. The second kappa shape index (κ2) is 23.4. The number of hydrogen-bond donors (Lipinski definition) is 1. The summed E-state index contributed by atoms with van der Waals surface area (Å²) in [7, 11) is 0. The van der Waals surface area contributed by atoms with Gasteiger partial charge in [-0.15, -0.1) is 0 Å². The van der Waals surface area contributed by atoms with Crippen molar-refractivity contribution in [3.63, 3.8) is 0 Å². The van der Waals surface area contributed by atoms with Crippen LogP contribution in [-0.2, 0) is 36.9 Å². The summed E-state index contributed by atoms with van der Waals surface area (Å²) in [5.74, 6) is -0.966. The van der Waals surface area contributed by atoms with Crippen molar-refractivity contribution in [3.8, 4) is 11.5 Å². The first kappa shape index (κ1) is 61.7. The van der Waals surface area contributed by atoms with E-state index in [1.165, 1.54) is 13.8 Å². The molecule has 71 heavy (non-hydrogen) atoms. The lowest BCUT2D eigenvalue weighted by Gasteiger charge is -2.36. The van der Waals surface area contributed by atoms with E-state index in [0.29, 0.717) is 29.2 Å². The summed E-state index contributed by atoms with van der Waals surface area (Å²) in [6, 6.07) is 10.6. The van der Waals surface area contributed by atoms with Gasteiger partial charge in [0.15, 0.2) is 11.2 Å². The van der Waals surface area contributed by atoms with E-state index in [1.54, 1.807) is 76.8 Å². The molecule has 2 heterocycles. The third kappa shape index (κ3) is 18.9. The van der Waals surface area contributed by atoms with Gasteiger partial charge in [0, 0.05) is 76.6 Å². The molecule has 2 aromatic carbocycles. The minimum Gasteiger partial charge on any atom is -0.478 e. The van der Waals surface area contributed by atoms with Gasteiger partial charge in [0.05, 0.1) is 0 Å². The summed E-state index contributed by atoms with van der Waals surface area (Å²) in [6.07, 6.45) is -34.9. The molecule has 404 valence electrons. The van der Waals surface area contributed by atoms with E-state index >= 15 is 0 Å². The molecular weight excluding hydrogens is 984 g/mol. The topological polar surface area (TPSA) is 148 Å². The third-order valence-corrected chi connectivity index (χ3v) is 10.3. The molecule has 2 aromatic rings. The van der Waals surface area contributed by atoms with Crippen molar-refractivity contribution in [1.82, 2.24) is 19.6 Å². The Labute approximate surface area is 403 Å². The number of esters is 1. The predicted molar refractivity (Wildman–Crippen MR) is 230 cm³/mol. The Balaban J connectivity index is 0.000000483. The van der Waals surface area contributed by atoms with E-state index in [2.05, 4.69) is 9.47 Å². The fraction of sp³-hybridized carbons (Fsp3) is 0.644. The summed E-state index contributed by atoms with van der Waals surface area (Å²) in [4.78, 5) is 53.1. The van der Waals surface area contributed by atoms with Crippen LogP contribution in [0.5, 0.6) is 11.5 Å². The number of halogens is 12. The Morgan fingerprint density at radius 3 is 1.13 bits per heavy atom. The zero-order valence-electron chi connectivity index (χ0n) is 39.6. The standard InChI is InChI=1S/C24H32F6N2O5.C20H24F6N2O5.CH4/c1-15-7-8-16(17(13-15)36-22(5,6)19(33)37-21(2,3)4)14-31-9-11-32(12-10-31)20(34)35-18(23(25,26)27)24(28,29)30;1-12-4-5-13(14(10-12)33-18(2,3)16(29)30)11-27-6-8-28(9-7-27)17(31)32-15(19(21,22)23)20(24,25)26;/h7-8,13,18H,9-12,14H2,1-6H3;4-5,10,15H,6-9,11H2,1-3H3,(H,29,30);1H4. The van der Waals surface area contributed by atoms with Gasteiger partial charge in [-0.25, -0.2) is 19.2 Å². The minimum atomic E-state index is -5.78. The lowest BCUT2D eigenvalue weighted by atomic mass is 10.1. The SMILES string of the molecule is C.Cc1ccc(CN2CCN(C(=O)OC(C(F)(F)F)C(F)(F)F)CC2)c(OC(C)(C)C(=O)O)c1.Cc1ccc(CN2CCN(C(=O)OC(C(F)(F)F)C(F)(F)F)CC2)c(OC(C)(C)C(=O)OC(C)(C)C)c1. The number of hydrogen-bond acceptors (Lipinski definition) is 11. The van der Waals surface area contributed by atoms with Crippen LogP contribution in [-0.4, -0.2) is 155 Å². The van der Waals surface area contributed by atoms with Gasteiger partial charge < -0.3 is 38.6 Å². The molecule has 4 rings (SSSR count). The highest BCUT2D eigenvalue weighted by Crippen LogP contribution is 2.38. The van der Waals surface area contributed by atoms with Crippen LogP contribution in [0.1, 0.15) is 78.1 Å². The van der Waals surface area contributed by atoms with Gasteiger partial charge in [0.1, 0.15) is 17.1 Å². The molecule has 14 nitrogen and oxygen atoms in total. The molecule has 0 bridgehead atoms. The number of carbonyl (C=O) groups is 4. The van der Waals surface area contributed by atoms with Crippen LogP contribution in [0.4, 0.5) is 62.3 Å². The van der Waals surface area contributed by atoms with Gasteiger partial charge in [-0.3, -0.25) is 9.80 Å². The van der Waals surface area contributed by atoms with E-state index in [0.717, 1.165) is 20.9 Å². The fourth-order valence-corrected chi connectivity index (χ4v) is 6.46. The van der Waals surface area contributed by atoms with Crippen LogP contribution in [0.25, 0.3) is 0 Å². The van der Waals surface area contributed by atoms with Gasteiger partial charge in [-0.05, 0) is 85.6 Å². The molecule has 26 heteroatoms. The predicted octanol–water partition coefficient (Wildman–Crippen LogP) is 9.86. The van der Waals surface area contributed by atoms with Gasteiger partial charge >= 0.3 is 48.8 Å². The molecule has 0 radical (unpaired) electrons. The van der Waals surface area contributed by atoms with Crippen molar-refractivity contribution in [2.24, 2.45) is 0 Å². The number of amides is 2. The number of aryl methyl sites for hydroxylation is 2. The van der Waals surface area contributed by atoms with E-state index in [4.69, 9.17) is 14.2 Å². The van der Waals surface area contributed by atoms with Crippen LogP contribution >= 0.6 is 0 Å². The lowest BCUT2D eigenvalue weighted by molar-refractivity contribution is -0.309. The number of carboxylic acid groups (broad SMARTS) is 1. The number of alkyl halides is 12. The average molecular weight is 1040 g/mol. The quantitative estimate of drug-likeness (QED) is 0.123. The van der Waals surface area contributed by atoms with Crippen LogP contribution in [0.3, 0.4) is 0 Å². The van der Waals surface area contributed by atoms with Gasteiger partial charge in [-0.1, -0.05) is 31.7 Å². The summed E-state index contributed by atoms with van der Waals surface area (Å²) >= 11 is 0. The van der Waals surface area contributed by atoms with E-state index in [1.807, 2.05) is 17.9 Å². The fourth-order valence-electron chi connectivity index (χ4n) is 6.46. The molecule has 2 aliphatic heterocycles. The maximum absolute atomic E-state index is 12.7. The number of aliphatic carboxylic acids is 1. The summed E-state index contributed by atoms with van der Waals surface area (Å²) in [5.41, 5.74) is -0.493. The van der Waals surface area contributed by atoms with E-state index < -0.39 is 77.8 Å². The Morgan fingerprint density at radius 2 is 0.845 bits per heavy atom. The molecule has 0 atom stereocenters. The summed E-state index contributed by atoms with van der Waals surface area (Å²) in [5, 5.41) is 9.30. The maximum Gasteiger partial charge on any atom is 0.434 e. The van der Waals surface area contributed by atoms with E-state index in [9.17, 15) is 77.0 Å². The monoisotopic (exact) mass is 1040 g/mol. The summed E-state index contributed by atoms with van der Waals surface area (Å²) in [6.45, 7) is 15.4. The highest BCUT2D eigenvalue weighted by Gasteiger charge is 2.61. The summed E-state index contributed by atoms with van der Waals surface area (Å²) < 4.78 is 176. The first-order valence-corrected chi connectivity index (χ1v) is 21.4. The molecule has 0 unspecified atom stereocenters. The second-order valence-corrected chi connectivity index (χ2v) is 18.5. The minimum absolute atomic E-state index is 0. The molecule has 2 amide bonds. The molecule has 2 aliphatic rings. The van der Waals surface area contributed by atoms with Gasteiger partial charge in [0.25, 0.3) is 12.2 Å². The molecule has 0 spiro atoms. The molecule has 0 aliphatic carbocycles. The number of piperazine rings is 2. The van der Waals surface area contributed by atoms with Crippen molar-refractivity contribution >= 4 is 24.1 Å². The highest BCUT2D eigenvalue weighted by molar-refractivity contribution is 5.79. The highest BCUT2D eigenvalue weighted by atomic mass is 19.4. The lowest BCUT2D eigenvalue weighted by Crippen LogP contribution is -2.52. The average Bonchev–Trinajstić information content (AvgIpc) is 3.19. The number of carbonyl (C=O) groups excluding carboxylic acids is 3. The normalized spacial score (nSPS) is 15.9. The Bertz CT molecular complexity index is 2100. The van der Waals surface area contributed by atoms with Gasteiger partial charge in [-0.2, -0.15) is 52.7 Å². The van der Waals surface area contributed by atoms with Gasteiger partial charge in [0.2, 0.25) is 0 Å². The smallest absolute Gasteiger partial charge is 0.434 e. The van der Waals surface area contributed by atoms with Crippen molar-refractivity contribution in [2.45, 2.75) is 137 Å². The number of carboxylic acids is 1. The molecule has 1 N–H and O–H groups in total. The van der Waals surface area contributed by atoms with Crippen molar-refractivity contribution < 1.29 is 101 Å². The number of rotatable bonds is 12. The van der Waals surface area contributed by atoms with Crippen LogP contribution in [0.15, 0.2) is 36.4 Å². The number of ether oxygens (including phenoxy) is 5. The van der Waals surface area contributed by atoms with E-state index in [-0.39, 0.29) is 66.3 Å².